The van der Waals surface area contributed by atoms with Crippen molar-refractivity contribution in [2.75, 3.05) is 33.9 Å². The topological polar surface area (TPSA) is 30.9 Å². The highest BCUT2D eigenvalue weighted by Gasteiger charge is 2.31. The molecule has 2 aliphatic rings. The van der Waals surface area contributed by atoms with Gasteiger partial charge in [0.2, 0.25) is 0 Å². The van der Waals surface area contributed by atoms with Crippen LogP contribution in [0.1, 0.15) is 44.1 Å². The first kappa shape index (κ1) is 17.6. The summed E-state index contributed by atoms with van der Waals surface area (Å²) in [5.74, 6) is 1.58. The van der Waals surface area contributed by atoms with Crippen LogP contribution in [-0.4, -0.2) is 51.0 Å². The average Bonchev–Trinajstić information content (AvgIpc) is 3.16. The Bertz CT molecular complexity index is 514. The summed E-state index contributed by atoms with van der Waals surface area (Å²) < 4.78 is 17.0. The van der Waals surface area contributed by atoms with Gasteiger partial charge >= 0.3 is 0 Å². The Labute approximate surface area is 146 Å². The highest BCUT2D eigenvalue weighted by molar-refractivity contribution is 5.42. The van der Waals surface area contributed by atoms with E-state index in [0.29, 0.717) is 12.1 Å². The van der Waals surface area contributed by atoms with Gasteiger partial charge in [-0.1, -0.05) is 18.9 Å². The van der Waals surface area contributed by atoms with Crippen LogP contribution in [0.2, 0.25) is 0 Å². The molecule has 1 unspecified atom stereocenters. The first-order valence-electron chi connectivity index (χ1n) is 9.38. The maximum atomic E-state index is 6.33. The van der Waals surface area contributed by atoms with Crippen molar-refractivity contribution in [3.63, 3.8) is 0 Å². The molecule has 0 aromatic heterocycles. The van der Waals surface area contributed by atoms with Gasteiger partial charge in [-0.25, -0.2) is 0 Å². The lowest BCUT2D eigenvalue weighted by atomic mass is 9.91. The maximum absolute atomic E-state index is 6.33. The largest absolute Gasteiger partial charge is 0.493 e. The third kappa shape index (κ3) is 4.22. The standard InChI is InChI=1S/C20H31NO3/c1-22-19-10-9-16(15-20(19)23-2)11-14-24-18-8-4-3-7-17(18)21-12-5-6-13-21/h9-10,15,17-18H,3-8,11-14H2,1-2H3/t17-,18?/m1/s1. The molecule has 4 nitrogen and oxygen atoms in total. The van der Waals surface area contributed by atoms with Crippen molar-refractivity contribution in [3.8, 4) is 11.5 Å². The van der Waals surface area contributed by atoms with Crippen LogP contribution < -0.4 is 9.47 Å². The van der Waals surface area contributed by atoms with Gasteiger partial charge < -0.3 is 14.2 Å². The predicted octanol–water partition coefficient (Wildman–Crippen LogP) is 3.67. The van der Waals surface area contributed by atoms with Gasteiger partial charge in [0.25, 0.3) is 0 Å². The fourth-order valence-electron chi connectivity index (χ4n) is 4.13. The fourth-order valence-corrected chi connectivity index (χ4v) is 4.13. The number of benzene rings is 1. The average molecular weight is 333 g/mol. The van der Waals surface area contributed by atoms with Crippen molar-refractivity contribution in [1.29, 1.82) is 0 Å². The molecule has 1 aromatic carbocycles. The van der Waals surface area contributed by atoms with E-state index in [1.807, 2.05) is 6.07 Å². The van der Waals surface area contributed by atoms with E-state index in [4.69, 9.17) is 14.2 Å². The second kappa shape index (κ2) is 8.72. The predicted molar refractivity (Wildman–Crippen MR) is 96.1 cm³/mol. The minimum Gasteiger partial charge on any atom is -0.493 e. The van der Waals surface area contributed by atoms with Gasteiger partial charge in [0, 0.05) is 6.04 Å². The van der Waals surface area contributed by atoms with Crippen molar-refractivity contribution >= 4 is 0 Å². The first-order chi connectivity index (χ1) is 11.8. The lowest BCUT2D eigenvalue weighted by molar-refractivity contribution is -0.0290. The van der Waals surface area contributed by atoms with Crippen molar-refractivity contribution in [1.82, 2.24) is 4.90 Å². The Balaban J connectivity index is 1.52. The molecule has 1 aromatic rings. The molecule has 4 heteroatoms. The molecule has 1 heterocycles. The minimum atomic E-state index is 0.414. The van der Waals surface area contributed by atoms with Crippen molar-refractivity contribution < 1.29 is 14.2 Å². The molecule has 0 spiro atoms. The van der Waals surface area contributed by atoms with Gasteiger partial charge in [-0.2, -0.15) is 0 Å². The molecule has 0 bridgehead atoms. The first-order valence-corrected chi connectivity index (χ1v) is 9.38. The normalized spacial score (nSPS) is 24.9. The molecule has 2 atom stereocenters. The highest BCUT2D eigenvalue weighted by atomic mass is 16.5. The molecular weight excluding hydrogens is 302 g/mol. The quantitative estimate of drug-likeness (QED) is 0.762. The van der Waals surface area contributed by atoms with Crippen LogP contribution in [0.15, 0.2) is 18.2 Å². The van der Waals surface area contributed by atoms with Crippen LogP contribution in [0.5, 0.6) is 11.5 Å². The summed E-state index contributed by atoms with van der Waals surface area (Å²) in [5.41, 5.74) is 1.24. The fraction of sp³-hybridized carbons (Fsp3) is 0.700. The van der Waals surface area contributed by atoms with Gasteiger partial charge in [-0.05, 0) is 62.9 Å². The molecule has 0 radical (unpaired) electrons. The van der Waals surface area contributed by atoms with E-state index in [2.05, 4.69) is 17.0 Å². The second-order valence-corrected chi connectivity index (χ2v) is 6.94. The number of methoxy groups -OCH3 is 2. The number of ether oxygens (including phenoxy) is 3. The Morgan fingerprint density at radius 1 is 0.958 bits per heavy atom. The SMILES string of the molecule is COc1ccc(CCOC2CCCC[C@H]2N2CCCC2)cc1OC. The van der Waals surface area contributed by atoms with E-state index >= 15 is 0 Å². The second-order valence-electron chi connectivity index (χ2n) is 6.94. The number of nitrogens with zero attached hydrogens (tertiary/aromatic N) is 1. The molecule has 1 saturated heterocycles. The summed E-state index contributed by atoms with van der Waals surface area (Å²) in [5, 5.41) is 0. The molecule has 134 valence electrons. The Morgan fingerprint density at radius 3 is 2.46 bits per heavy atom. The summed E-state index contributed by atoms with van der Waals surface area (Å²) in [7, 11) is 3.35. The number of hydrogen-bond donors (Lipinski definition) is 0. The number of hydrogen-bond acceptors (Lipinski definition) is 4. The number of rotatable bonds is 7. The zero-order valence-electron chi connectivity index (χ0n) is 15.1. The lowest BCUT2D eigenvalue weighted by Crippen LogP contribution is -2.45. The molecule has 3 rings (SSSR count). The zero-order chi connectivity index (χ0) is 16.8. The Hall–Kier alpha value is -1.26. The van der Waals surface area contributed by atoms with Crippen LogP contribution in [0.4, 0.5) is 0 Å². The molecule has 1 aliphatic heterocycles. The van der Waals surface area contributed by atoms with Crippen LogP contribution in [0.25, 0.3) is 0 Å². The Kier molecular flexibility index (Phi) is 6.38. The van der Waals surface area contributed by atoms with Crippen molar-refractivity contribution in [3.05, 3.63) is 23.8 Å². The van der Waals surface area contributed by atoms with Gasteiger partial charge in [0.05, 0.1) is 26.9 Å². The minimum absolute atomic E-state index is 0.414. The van der Waals surface area contributed by atoms with Crippen molar-refractivity contribution in [2.24, 2.45) is 0 Å². The third-order valence-electron chi connectivity index (χ3n) is 5.45. The zero-order valence-corrected chi connectivity index (χ0v) is 15.1. The van der Waals surface area contributed by atoms with Gasteiger partial charge in [0.15, 0.2) is 11.5 Å². The van der Waals surface area contributed by atoms with Crippen LogP contribution >= 0.6 is 0 Å². The lowest BCUT2D eigenvalue weighted by Gasteiger charge is -2.37. The molecule has 0 amide bonds. The van der Waals surface area contributed by atoms with Gasteiger partial charge in [-0.15, -0.1) is 0 Å². The molecular formula is C20H31NO3. The van der Waals surface area contributed by atoms with E-state index in [-0.39, 0.29) is 0 Å². The smallest absolute Gasteiger partial charge is 0.160 e. The summed E-state index contributed by atoms with van der Waals surface area (Å²) in [6.45, 7) is 3.31. The summed E-state index contributed by atoms with van der Waals surface area (Å²) in [4.78, 5) is 2.67. The molecule has 24 heavy (non-hydrogen) atoms. The Morgan fingerprint density at radius 2 is 1.71 bits per heavy atom. The van der Waals surface area contributed by atoms with Crippen LogP contribution in [-0.2, 0) is 11.2 Å². The van der Waals surface area contributed by atoms with E-state index in [0.717, 1.165) is 24.5 Å². The molecule has 2 fully saturated rings. The van der Waals surface area contributed by atoms with Crippen molar-refractivity contribution in [2.45, 2.75) is 57.1 Å². The molecule has 0 N–H and O–H groups in total. The van der Waals surface area contributed by atoms with Gasteiger partial charge in [-0.3, -0.25) is 4.90 Å². The monoisotopic (exact) mass is 333 g/mol. The highest BCUT2D eigenvalue weighted by Crippen LogP contribution is 2.29. The molecule has 1 aliphatic carbocycles. The maximum Gasteiger partial charge on any atom is 0.160 e. The van der Waals surface area contributed by atoms with E-state index < -0.39 is 0 Å². The number of likely N-dealkylation sites (tertiary alicyclic amines) is 1. The van der Waals surface area contributed by atoms with E-state index in [1.165, 1.54) is 57.2 Å². The van der Waals surface area contributed by atoms with Crippen LogP contribution in [0, 0.1) is 0 Å². The van der Waals surface area contributed by atoms with Gasteiger partial charge in [0.1, 0.15) is 0 Å². The summed E-state index contributed by atoms with van der Waals surface area (Å²) in [6.07, 6.45) is 9.24. The third-order valence-corrected chi connectivity index (χ3v) is 5.45. The summed E-state index contributed by atoms with van der Waals surface area (Å²) in [6, 6.07) is 6.78. The molecule has 1 saturated carbocycles. The summed E-state index contributed by atoms with van der Waals surface area (Å²) >= 11 is 0. The van der Waals surface area contributed by atoms with E-state index in [1.54, 1.807) is 14.2 Å². The van der Waals surface area contributed by atoms with E-state index in [9.17, 15) is 0 Å². The van der Waals surface area contributed by atoms with Crippen LogP contribution in [0.3, 0.4) is 0 Å².